The number of aromatic nitrogens is 3. The van der Waals surface area contributed by atoms with Crippen LogP contribution in [0.4, 0.5) is 5.82 Å². The highest BCUT2D eigenvalue weighted by atomic mass is 15.0. The van der Waals surface area contributed by atoms with Gasteiger partial charge in [0, 0.05) is 24.5 Å². The van der Waals surface area contributed by atoms with E-state index in [2.05, 4.69) is 34.1 Å². The van der Waals surface area contributed by atoms with E-state index in [9.17, 15) is 0 Å². The molecule has 0 fully saturated rings. The van der Waals surface area contributed by atoms with Crippen molar-refractivity contribution in [3.63, 3.8) is 0 Å². The minimum atomic E-state index is 0.391. The minimum Gasteiger partial charge on any atom is -0.373 e. The second-order valence-electron chi connectivity index (χ2n) is 5.02. The molecule has 0 aliphatic rings. The second kappa shape index (κ2) is 5.34. The van der Waals surface area contributed by atoms with Crippen LogP contribution >= 0.6 is 0 Å². The fourth-order valence-corrected chi connectivity index (χ4v) is 2.24. The zero-order valence-corrected chi connectivity index (χ0v) is 12.2. The molecule has 4 nitrogen and oxygen atoms in total. The van der Waals surface area contributed by atoms with E-state index in [0.717, 1.165) is 22.8 Å². The molecule has 0 amide bonds. The van der Waals surface area contributed by atoms with Crippen LogP contribution in [0, 0.1) is 13.8 Å². The zero-order chi connectivity index (χ0) is 14.0. The molecule has 2 heterocycles. The van der Waals surface area contributed by atoms with E-state index in [1.807, 2.05) is 33.0 Å². The highest BCUT2D eigenvalue weighted by Crippen LogP contribution is 2.27. The third-order valence-electron chi connectivity index (χ3n) is 3.09. The van der Waals surface area contributed by atoms with Crippen LogP contribution in [0.25, 0.3) is 11.5 Å². The lowest BCUT2D eigenvalue weighted by molar-refractivity contribution is 0.833. The lowest BCUT2D eigenvalue weighted by Gasteiger charge is -2.15. The number of nitrogens with zero attached hydrogens (tertiary/aromatic N) is 3. The first-order valence-corrected chi connectivity index (χ1v) is 6.52. The molecule has 2 aromatic heterocycles. The van der Waals surface area contributed by atoms with Crippen molar-refractivity contribution in [2.45, 2.75) is 33.6 Å². The maximum atomic E-state index is 4.60. The summed E-state index contributed by atoms with van der Waals surface area (Å²) < 4.78 is 0. The van der Waals surface area contributed by atoms with E-state index >= 15 is 0 Å². The average molecular weight is 256 g/mol. The Labute approximate surface area is 114 Å². The fraction of sp³-hybridized carbons (Fsp3) is 0.400. The molecule has 2 aromatic rings. The summed E-state index contributed by atoms with van der Waals surface area (Å²) in [5.74, 6) is 1.96. The van der Waals surface area contributed by atoms with Gasteiger partial charge in [0.1, 0.15) is 11.5 Å². The van der Waals surface area contributed by atoms with Crippen LogP contribution in [-0.4, -0.2) is 22.0 Å². The highest BCUT2D eigenvalue weighted by molar-refractivity contribution is 5.57. The average Bonchev–Trinajstić information content (AvgIpc) is 2.37. The topological polar surface area (TPSA) is 50.7 Å². The molecule has 100 valence electrons. The van der Waals surface area contributed by atoms with Crippen LogP contribution in [0.3, 0.4) is 0 Å². The first kappa shape index (κ1) is 13.5. The quantitative estimate of drug-likeness (QED) is 0.915. The van der Waals surface area contributed by atoms with Gasteiger partial charge in [-0.1, -0.05) is 13.8 Å². The number of anilines is 1. The lowest BCUT2D eigenvalue weighted by atomic mass is 10.0. The molecular weight excluding hydrogens is 236 g/mol. The molecule has 19 heavy (non-hydrogen) atoms. The normalized spacial score (nSPS) is 10.8. The van der Waals surface area contributed by atoms with E-state index in [1.165, 1.54) is 5.56 Å². The molecule has 1 N–H and O–H groups in total. The first-order valence-electron chi connectivity index (χ1n) is 6.52. The van der Waals surface area contributed by atoms with Crippen molar-refractivity contribution >= 4 is 5.82 Å². The number of rotatable bonds is 3. The molecule has 0 atom stereocenters. The maximum Gasteiger partial charge on any atom is 0.180 e. The number of aryl methyl sites for hydroxylation is 2. The predicted molar refractivity (Wildman–Crippen MR) is 78.4 cm³/mol. The van der Waals surface area contributed by atoms with Gasteiger partial charge in [-0.3, -0.25) is 4.98 Å². The van der Waals surface area contributed by atoms with Crippen molar-refractivity contribution in [1.29, 1.82) is 0 Å². The summed E-state index contributed by atoms with van der Waals surface area (Å²) in [5.41, 5.74) is 4.15. The number of hydrogen-bond acceptors (Lipinski definition) is 4. The van der Waals surface area contributed by atoms with Gasteiger partial charge in [0.15, 0.2) is 5.82 Å². The second-order valence-corrected chi connectivity index (χ2v) is 5.02. The molecular formula is C15H20N4. The Morgan fingerprint density at radius 3 is 2.47 bits per heavy atom. The molecule has 0 saturated carbocycles. The van der Waals surface area contributed by atoms with Crippen LogP contribution in [0.2, 0.25) is 0 Å². The van der Waals surface area contributed by atoms with Gasteiger partial charge in [0.2, 0.25) is 0 Å². The Morgan fingerprint density at radius 2 is 1.89 bits per heavy atom. The number of pyridine rings is 1. The Kier molecular flexibility index (Phi) is 3.79. The maximum absolute atomic E-state index is 4.60. The smallest absolute Gasteiger partial charge is 0.180 e. The number of hydrogen-bond donors (Lipinski definition) is 1. The SMILES string of the molecule is CNc1nc(-c2cc(C)ccn2)nc(C)c1C(C)C. The van der Waals surface area contributed by atoms with E-state index < -0.39 is 0 Å². The Morgan fingerprint density at radius 1 is 1.16 bits per heavy atom. The van der Waals surface area contributed by atoms with Crippen LogP contribution < -0.4 is 5.32 Å². The summed E-state index contributed by atoms with van der Waals surface area (Å²) in [5, 5.41) is 3.16. The van der Waals surface area contributed by atoms with Crippen LogP contribution in [0.1, 0.15) is 36.6 Å². The fourth-order valence-electron chi connectivity index (χ4n) is 2.24. The van der Waals surface area contributed by atoms with Crippen LogP contribution in [0.15, 0.2) is 18.3 Å². The predicted octanol–water partition coefficient (Wildman–Crippen LogP) is 3.32. The third kappa shape index (κ3) is 2.72. The van der Waals surface area contributed by atoms with Gasteiger partial charge < -0.3 is 5.32 Å². The van der Waals surface area contributed by atoms with Crippen molar-refractivity contribution in [3.05, 3.63) is 35.2 Å². The Balaban J connectivity index is 2.58. The van der Waals surface area contributed by atoms with Crippen molar-refractivity contribution < 1.29 is 0 Å². The summed E-state index contributed by atoms with van der Waals surface area (Å²) in [7, 11) is 1.89. The summed E-state index contributed by atoms with van der Waals surface area (Å²) in [6.07, 6.45) is 1.79. The van der Waals surface area contributed by atoms with E-state index in [-0.39, 0.29) is 0 Å². The molecule has 0 spiro atoms. The largest absolute Gasteiger partial charge is 0.373 e. The molecule has 0 unspecified atom stereocenters. The number of nitrogens with one attached hydrogen (secondary N) is 1. The summed E-state index contributed by atoms with van der Waals surface area (Å²) >= 11 is 0. The standard InChI is InChI=1S/C15H20N4/c1-9(2)13-11(4)18-14(19-15(13)16-5)12-8-10(3)6-7-17-12/h6-9H,1-5H3,(H,16,18,19). The molecule has 4 heteroatoms. The summed E-state index contributed by atoms with van der Waals surface area (Å²) in [6, 6.07) is 3.97. The molecule has 0 saturated heterocycles. The summed E-state index contributed by atoms with van der Waals surface area (Å²) in [4.78, 5) is 13.5. The van der Waals surface area contributed by atoms with Crippen molar-refractivity contribution in [2.75, 3.05) is 12.4 Å². The van der Waals surface area contributed by atoms with Gasteiger partial charge in [0.25, 0.3) is 0 Å². The minimum absolute atomic E-state index is 0.391. The van der Waals surface area contributed by atoms with Crippen LogP contribution in [0.5, 0.6) is 0 Å². The molecule has 0 aromatic carbocycles. The van der Waals surface area contributed by atoms with Gasteiger partial charge in [-0.25, -0.2) is 9.97 Å². The molecule has 0 aliphatic carbocycles. The van der Waals surface area contributed by atoms with Gasteiger partial charge >= 0.3 is 0 Å². The monoisotopic (exact) mass is 256 g/mol. The Hall–Kier alpha value is -1.97. The van der Waals surface area contributed by atoms with Crippen molar-refractivity contribution in [2.24, 2.45) is 0 Å². The third-order valence-corrected chi connectivity index (χ3v) is 3.09. The first-order chi connectivity index (χ1) is 9.02. The van der Waals surface area contributed by atoms with E-state index in [4.69, 9.17) is 0 Å². The van der Waals surface area contributed by atoms with Gasteiger partial charge in [0.05, 0.1) is 0 Å². The van der Waals surface area contributed by atoms with E-state index in [1.54, 1.807) is 6.20 Å². The Bertz CT molecular complexity index is 591. The van der Waals surface area contributed by atoms with Gasteiger partial charge in [-0.05, 0) is 37.5 Å². The lowest BCUT2D eigenvalue weighted by Crippen LogP contribution is -2.07. The molecule has 0 radical (unpaired) electrons. The van der Waals surface area contributed by atoms with E-state index in [0.29, 0.717) is 11.7 Å². The van der Waals surface area contributed by atoms with Crippen LogP contribution in [-0.2, 0) is 0 Å². The van der Waals surface area contributed by atoms with Crippen molar-refractivity contribution in [3.8, 4) is 11.5 Å². The van der Waals surface area contributed by atoms with Gasteiger partial charge in [-0.15, -0.1) is 0 Å². The van der Waals surface area contributed by atoms with Crippen molar-refractivity contribution in [1.82, 2.24) is 15.0 Å². The zero-order valence-electron chi connectivity index (χ0n) is 12.2. The molecule has 2 rings (SSSR count). The highest BCUT2D eigenvalue weighted by Gasteiger charge is 2.15. The van der Waals surface area contributed by atoms with Gasteiger partial charge in [-0.2, -0.15) is 0 Å². The summed E-state index contributed by atoms with van der Waals surface area (Å²) in [6.45, 7) is 8.37. The molecule has 0 aliphatic heterocycles. The molecule has 0 bridgehead atoms.